The average Bonchev–Trinajstić information content (AvgIpc) is 3.89. The molecule has 9 rings (SSSR count). The molecule has 5 aromatic carbocycles. The molecule has 0 spiro atoms. The molecule has 4 aliphatic rings. The molecular weight excluding hydrogens is 941 g/mol. The highest BCUT2D eigenvalue weighted by molar-refractivity contribution is 6.16. The first-order valence-corrected chi connectivity index (χ1v) is 25.1. The van der Waals surface area contributed by atoms with Crippen LogP contribution >= 0.6 is 0 Å². The Morgan fingerprint density at radius 3 is 1.82 bits per heavy atom. The molecule has 4 aliphatic heterocycles. The molecule has 0 bridgehead atoms. The molecule has 0 radical (unpaired) electrons. The highest BCUT2D eigenvalue weighted by atomic mass is 16.5. The molecule has 16 heteroatoms. The maximum Gasteiger partial charge on any atom is 0.305 e. The number of carbonyl (C=O) groups is 6. The fourth-order valence-electron chi connectivity index (χ4n) is 10.0. The third-order valence-electron chi connectivity index (χ3n) is 13.9. The minimum atomic E-state index is -0.806. The number of aryl methyl sites for hydroxylation is 1. The van der Waals surface area contributed by atoms with Gasteiger partial charge in [0.05, 0.1) is 54.8 Å². The summed E-state index contributed by atoms with van der Waals surface area (Å²) in [4.78, 5) is 93.2. The average molecular weight is 1000 g/mol. The Morgan fingerprint density at radius 1 is 0.689 bits per heavy atom. The highest BCUT2D eigenvalue weighted by Gasteiger charge is 2.38. The maximum absolute atomic E-state index is 14.1. The van der Waals surface area contributed by atoms with Gasteiger partial charge < -0.3 is 29.6 Å². The number of ketones is 1. The van der Waals surface area contributed by atoms with Crippen molar-refractivity contribution < 1.29 is 47.7 Å². The number of fused-ring (bicyclic) bond motifs is 8. The molecule has 4 amide bonds. The smallest absolute Gasteiger partial charge is 0.305 e. The molecule has 0 saturated heterocycles. The molecule has 2 N–H and O–H groups in total. The largest absolute Gasteiger partial charge is 0.493 e. The summed E-state index contributed by atoms with van der Waals surface area (Å²) in [5.41, 5.74) is 8.21. The second-order valence-electron chi connectivity index (χ2n) is 19.6. The van der Waals surface area contributed by atoms with Gasteiger partial charge in [-0.05, 0) is 96.0 Å². The van der Waals surface area contributed by atoms with E-state index in [-0.39, 0.29) is 80.0 Å². The van der Waals surface area contributed by atoms with Crippen LogP contribution in [-0.4, -0.2) is 80.2 Å². The van der Waals surface area contributed by atoms with Crippen LogP contribution < -0.4 is 34.6 Å². The van der Waals surface area contributed by atoms with Gasteiger partial charge in [-0.25, -0.2) is 0 Å². The number of Topliss-reactive ketones (excluding diaryl/α,β-unsaturated/α-hetero) is 1. The summed E-state index contributed by atoms with van der Waals surface area (Å²) in [5, 5.41) is 5.84. The number of nitrogens with zero attached hydrogens (tertiary/aromatic N) is 4. The van der Waals surface area contributed by atoms with Crippen molar-refractivity contribution in [2.24, 2.45) is 21.8 Å². The zero-order valence-electron chi connectivity index (χ0n) is 42.4. The lowest BCUT2D eigenvalue weighted by atomic mass is 9.92. The lowest BCUT2D eigenvalue weighted by Gasteiger charge is -2.23. The summed E-state index contributed by atoms with van der Waals surface area (Å²) in [7, 11) is 2.82. The Bertz CT molecular complexity index is 3110. The zero-order chi connectivity index (χ0) is 52.2. The van der Waals surface area contributed by atoms with Crippen molar-refractivity contribution in [3.05, 3.63) is 130 Å². The van der Waals surface area contributed by atoms with Gasteiger partial charge in [-0.2, -0.15) is 0 Å². The fraction of sp³-hybridized carbons (Fsp3) is 0.345. The molecule has 0 unspecified atom stereocenters. The molecule has 0 aliphatic carbocycles. The Kier molecular flexibility index (Phi) is 15.0. The van der Waals surface area contributed by atoms with E-state index >= 15 is 0 Å². The molecule has 4 atom stereocenters. The van der Waals surface area contributed by atoms with E-state index in [2.05, 4.69) is 15.4 Å². The third kappa shape index (κ3) is 10.8. The van der Waals surface area contributed by atoms with Gasteiger partial charge in [-0.3, -0.25) is 48.6 Å². The summed E-state index contributed by atoms with van der Waals surface area (Å²) in [6, 6.07) is 26.9. The van der Waals surface area contributed by atoms with E-state index in [1.165, 1.54) is 14.2 Å². The van der Waals surface area contributed by atoms with Crippen LogP contribution in [0.3, 0.4) is 0 Å². The number of hydrogen-bond acceptors (Lipinski definition) is 12. The maximum atomic E-state index is 14.1. The van der Waals surface area contributed by atoms with Gasteiger partial charge in [0, 0.05) is 79.6 Å². The number of nitrogens with one attached hydrogen (secondary N) is 2. The molecule has 382 valence electrons. The van der Waals surface area contributed by atoms with Crippen LogP contribution in [0.2, 0.25) is 0 Å². The van der Waals surface area contributed by atoms with Gasteiger partial charge in [-0.15, -0.1) is 0 Å². The number of benzene rings is 5. The van der Waals surface area contributed by atoms with Crippen molar-refractivity contribution in [1.29, 1.82) is 0 Å². The molecule has 5 aromatic rings. The Balaban J connectivity index is 0.935. The van der Waals surface area contributed by atoms with Crippen molar-refractivity contribution >= 4 is 76.2 Å². The topological polar surface area (TPSA) is 195 Å². The van der Waals surface area contributed by atoms with Crippen molar-refractivity contribution in [3.8, 4) is 17.2 Å². The fourth-order valence-corrected chi connectivity index (χ4v) is 10.0. The Labute approximate surface area is 430 Å². The standard InChI is InChI=1S/C58H60N6O10/c1-33(2)55(62-53(66)17-11-12-18-54(67)72-6)49(65)20-35(4)56(68)61-40-22-36(31-73-50-27-45-43(19-34(50)3)57(69)63-41(29-59-45)24-38-13-7-9-15-47(38)63)21-37(23-40)32-74-52-28-46-44(26-51(52)71-5)58(70)64-42(30-60-46)25-39-14-8-10-16-48(39)64/h7-10,13-16,19,21-23,26-30,33,35,41-42,55H,11-12,17-18,20,24-25,31-32H2,1-6H3,(H,61,68)(H,62,66)/t35-,41+,42+,55+/m1/s1. The van der Waals surface area contributed by atoms with Crippen LogP contribution in [0.25, 0.3) is 0 Å². The van der Waals surface area contributed by atoms with E-state index < -0.39 is 17.9 Å². The predicted octanol–water partition coefficient (Wildman–Crippen LogP) is 9.14. The first-order valence-electron chi connectivity index (χ1n) is 25.1. The van der Waals surface area contributed by atoms with E-state index in [0.717, 1.165) is 28.1 Å². The van der Waals surface area contributed by atoms with Crippen molar-refractivity contribution in [2.45, 2.75) is 104 Å². The van der Waals surface area contributed by atoms with Crippen LogP contribution in [-0.2, 0) is 50.0 Å². The molecule has 16 nitrogen and oxygen atoms in total. The number of aliphatic imine (C=N–C) groups is 2. The summed E-state index contributed by atoms with van der Waals surface area (Å²) in [5.74, 6) is -1.46. The zero-order valence-corrected chi connectivity index (χ0v) is 42.4. The second kappa shape index (κ2) is 21.9. The molecule has 4 heterocycles. The van der Waals surface area contributed by atoms with Crippen LogP contribution in [0.1, 0.15) is 101 Å². The summed E-state index contributed by atoms with van der Waals surface area (Å²) < 4.78 is 23.4. The number of para-hydroxylation sites is 2. The predicted molar refractivity (Wildman–Crippen MR) is 282 cm³/mol. The van der Waals surface area contributed by atoms with E-state index in [0.29, 0.717) is 82.2 Å². The van der Waals surface area contributed by atoms with Crippen LogP contribution in [0.4, 0.5) is 28.4 Å². The number of esters is 1. The third-order valence-corrected chi connectivity index (χ3v) is 13.9. The first-order chi connectivity index (χ1) is 35.7. The van der Waals surface area contributed by atoms with E-state index in [1.54, 1.807) is 53.3 Å². The van der Waals surface area contributed by atoms with Crippen LogP contribution in [0.15, 0.2) is 101 Å². The normalized spacial score (nSPS) is 16.6. The van der Waals surface area contributed by atoms with E-state index in [1.807, 2.05) is 87.6 Å². The van der Waals surface area contributed by atoms with Gasteiger partial charge in [-0.1, -0.05) is 57.2 Å². The minimum absolute atomic E-state index is 0.00757. The molecule has 0 fully saturated rings. The number of anilines is 3. The van der Waals surface area contributed by atoms with Gasteiger partial charge in [0.2, 0.25) is 11.8 Å². The summed E-state index contributed by atoms with van der Waals surface area (Å²) in [6.07, 6.45) is 6.10. The van der Waals surface area contributed by atoms with Gasteiger partial charge in [0.25, 0.3) is 11.8 Å². The lowest BCUT2D eigenvalue weighted by Crippen LogP contribution is -2.45. The Hall–Kier alpha value is -8.14. The van der Waals surface area contributed by atoms with Crippen LogP contribution in [0, 0.1) is 18.8 Å². The molecular formula is C58H60N6O10. The van der Waals surface area contributed by atoms with Crippen molar-refractivity contribution in [1.82, 2.24) is 5.32 Å². The highest BCUT2D eigenvalue weighted by Crippen LogP contribution is 2.42. The lowest BCUT2D eigenvalue weighted by molar-refractivity contribution is -0.140. The quantitative estimate of drug-likeness (QED) is 0.0595. The van der Waals surface area contributed by atoms with Crippen molar-refractivity contribution in [3.63, 3.8) is 0 Å². The van der Waals surface area contributed by atoms with E-state index in [4.69, 9.17) is 24.2 Å². The monoisotopic (exact) mass is 1000 g/mol. The number of rotatable bonds is 19. The number of ether oxygens (including phenoxy) is 4. The minimum Gasteiger partial charge on any atom is -0.493 e. The number of methoxy groups -OCH3 is 2. The number of unbranched alkanes of at least 4 members (excludes halogenated alkanes) is 1. The molecule has 0 aromatic heterocycles. The van der Waals surface area contributed by atoms with Gasteiger partial charge in [0.15, 0.2) is 17.3 Å². The van der Waals surface area contributed by atoms with Gasteiger partial charge in [0.1, 0.15) is 19.0 Å². The number of carbonyl (C=O) groups excluding carboxylic acids is 6. The first kappa shape index (κ1) is 50.8. The number of amides is 4. The van der Waals surface area contributed by atoms with Crippen LogP contribution in [0.5, 0.6) is 17.2 Å². The van der Waals surface area contributed by atoms with Gasteiger partial charge >= 0.3 is 5.97 Å². The summed E-state index contributed by atoms with van der Waals surface area (Å²) >= 11 is 0. The molecule has 74 heavy (non-hydrogen) atoms. The summed E-state index contributed by atoms with van der Waals surface area (Å²) in [6.45, 7) is 7.27. The Morgan fingerprint density at radius 2 is 1.24 bits per heavy atom. The molecule has 0 saturated carbocycles. The van der Waals surface area contributed by atoms with Crippen molar-refractivity contribution in [2.75, 3.05) is 29.3 Å². The van der Waals surface area contributed by atoms with E-state index in [9.17, 15) is 28.8 Å². The second-order valence-corrected chi connectivity index (χ2v) is 19.6. The number of hydrogen-bond donors (Lipinski definition) is 2. The SMILES string of the molecule is COC(=O)CCCCC(=O)N[C@H](C(=O)C[C@@H](C)C(=O)Nc1cc(COc2cc3c(cc2C)C(=O)N2c4ccccc4C[C@H]2C=N3)cc(COc2cc3c(cc2OC)C(=O)N2c4ccccc4C[C@H]2C=N3)c1)C(C)C.